The lowest BCUT2D eigenvalue weighted by molar-refractivity contribution is -0.135. The van der Waals surface area contributed by atoms with Gasteiger partial charge in [0.1, 0.15) is 12.3 Å². The molecule has 150 valence electrons. The van der Waals surface area contributed by atoms with Crippen molar-refractivity contribution in [2.75, 3.05) is 20.3 Å². The van der Waals surface area contributed by atoms with Crippen molar-refractivity contribution in [1.82, 2.24) is 10.3 Å². The van der Waals surface area contributed by atoms with Crippen LogP contribution in [0.2, 0.25) is 0 Å². The van der Waals surface area contributed by atoms with Crippen LogP contribution < -0.4 is 14.8 Å². The number of benzene rings is 2. The smallest absolute Gasteiger partial charge is 0.322 e. The van der Waals surface area contributed by atoms with E-state index in [1.165, 1.54) is 7.11 Å². The van der Waals surface area contributed by atoms with E-state index in [0.29, 0.717) is 23.1 Å². The zero-order chi connectivity index (χ0) is 20.8. The van der Waals surface area contributed by atoms with Gasteiger partial charge in [0.25, 0.3) is 5.91 Å². The first kappa shape index (κ1) is 19.9. The summed E-state index contributed by atoms with van der Waals surface area (Å²) in [4.78, 5) is 26.8. The Labute approximate surface area is 166 Å². The second-order valence-electron chi connectivity index (χ2n) is 6.19. The van der Waals surface area contributed by atoms with Gasteiger partial charge in [0.2, 0.25) is 5.88 Å². The molecule has 1 aromatic heterocycles. The third-order valence-electron chi connectivity index (χ3n) is 4.23. The molecule has 3 aromatic rings. The lowest BCUT2D eigenvalue weighted by Crippen LogP contribution is -2.30. The molecule has 1 amide bonds. The topological polar surface area (TPSA) is 118 Å². The maximum atomic E-state index is 12.1. The quantitative estimate of drug-likeness (QED) is 0.535. The summed E-state index contributed by atoms with van der Waals surface area (Å²) in [5, 5.41) is 22.1. The number of aromatic nitrogens is 1. The van der Waals surface area contributed by atoms with Crippen LogP contribution in [0.5, 0.6) is 17.4 Å². The van der Waals surface area contributed by atoms with Crippen molar-refractivity contribution >= 4 is 22.6 Å². The van der Waals surface area contributed by atoms with E-state index < -0.39 is 18.4 Å². The number of carbonyl (C=O) groups is 2. The molecule has 0 aliphatic rings. The minimum Gasteiger partial charge on any atom is -0.505 e. The standard InChI is InChI=1S/C21H20N2O6/c1-28-21-16-11-14(29-10-9-13-5-3-2-4-6-13)7-8-15(16)19(26)18(23-21)20(27)22-12-17(24)25/h2-8,11,26H,9-10,12H2,1H3,(H,22,27)(H,24,25). The van der Waals surface area contributed by atoms with E-state index in [1.54, 1.807) is 18.2 Å². The molecule has 0 saturated carbocycles. The number of nitrogens with one attached hydrogen (secondary N) is 1. The van der Waals surface area contributed by atoms with Gasteiger partial charge in [0.05, 0.1) is 19.1 Å². The summed E-state index contributed by atoms with van der Waals surface area (Å²) in [6.45, 7) is -0.124. The summed E-state index contributed by atoms with van der Waals surface area (Å²) >= 11 is 0. The number of hydrogen-bond acceptors (Lipinski definition) is 6. The molecular weight excluding hydrogens is 376 g/mol. The number of ether oxygens (including phenoxy) is 2. The first-order valence-electron chi connectivity index (χ1n) is 8.87. The Bertz CT molecular complexity index is 1040. The molecule has 8 heteroatoms. The fourth-order valence-electron chi connectivity index (χ4n) is 2.82. The molecule has 1 heterocycles. The van der Waals surface area contributed by atoms with Crippen molar-refractivity contribution in [1.29, 1.82) is 0 Å². The average molecular weight is 396 g/mol. The highest BCUT2D eigenvalue weighted by molar-refractivity contribution is 6.04. The van der Waals surface area contributed by atoms with Gasteiger partial charge in [-0.2, -0.15) is 0 Å². The highest BCUT2D eigenvalue weighted by Crippen LogP contribution is 2.35. The monoisotopic (exact) mass is 396 g/mol. The Morgan fingerprint density at radius 2 is 1.86 bits per heavy atom. The molecule has 0 aliphatic carbocycles. The minimum absolute atomic E-state index is 0.117. The summed E-state index contributed by atoms with van der Waals surface area (Å²) in [6.07, 6.45) is 0.738. The normalized spacial score (nSPS) is 10.5. The Hall–Kier alpha value is -3.81. The van der Waals surface area contributed by atoms with E-state index in [2.05, 4.69) is 10.3 Å². The molecular formula is C21H20N2O6. The van der Waals surface area contributed by atoms with Gasteiger partial charge in [-0.25, -0.2) is 4.98 Å². The number of nitrogens with zero attached hydrogens (tertiary/aromatic N) is 1. The van der Waals surface area contributed by atoms with E-state index in [9.17, 15) is 14.7 Å². The third-order valence-corrected chi connectivity index (χ3v) is 4.23. The largest absolute Gasteiger partial charge is 0.505 e. The molecule has 0 bridgehead atoms. The molecule has 0 unspecified atom stereocenters. The highest BCUT2D eigenvalue weighted by atomic mass is 16.5. The highest BCUT2D eigenvalue weighted by Gasteiger charge is 2.20. The van der Waals surface area contributed by atoms with Crippen LogP contribution in [0.4, 0.5) is 0 Å². The number of aliphatic carboxylic acids is 1. The maximum absolute atomic E-state index is 12.1. The first-order chi connectivity index (χ1) is 14.0. The molecule has 3 N–H and O–H groups in total. The van der Waals surface area contributed by atoms with Crippen molar-refractivity contribution in [3.05, 3.63) is 59.8 Å². The second kappa shape index (κ2) is 8.92. The predicted molar refractivity (Wildman–Crippen MR) is 106 cm³/mol. The molecule has 2 aromatic carbocycles. The molecule has 0 saturated heterocycles. The van der Waals surface area contributed by atoms with Gasteiger partial charge < -0.3 is 25.0 Å². The van der Waals surface area contributed by atoms with Crippen LogP contribution >= 0.6 is 0 Å². The molecule has 0 spiro atoms. The van der Waals surface area contributed by atoms with Gasteiger partial charge in [0.15, 0.2) is 11.4 Å². The van der Waals surface area contributed by atoms with Crippen LogP contribution in [-0.2, 0) is 11.2 Å². The van der Waals surface area contributed by atoms with Gasteiger partial charge in [0, 0.05) is 11.8 Å². The maximum Gasteiger partial charge on any atom is 0.322 e. The van der Waals surface area contributed by atoms with Crippen molar-refractivity contribution < 1.29 is 29.3 Å². The zero-order valence-corrected chi connectivity index (χ0v) is 15.7. The number of aromatic hydroxyl groups is 1. The van der Waals surface area contributed by atoms with E-state index >= 15 is 0 Å². The summed E-state index contributed by atoms with van der Waals surface area (Å²) in [7, 11) is 1.39. The lowest BCUT2D eigenvalue weighted by Gasteiger charge is -2.13. The number of hydrogen-bond donors (Lipinski definition) is 3. The van der Waals surface area contributed by atoms with Crippen molar-refractivity contribution in [2.45, 2.75) is 6.42 Å². The Morgan fingerprint density at radius 3 is 2.55 bits per heavy atom. The number of rotatable bonds is 8. The van der Waals surface area contributed by atoms with Crippen molar-refractivity contribution in [3.8, 4) is 17.4 Å². The molecule has 0 atom stereocenters. The van der Waals surface area contributed by atoms with Crippen LogP contribution in [0.1, 0.15) is 16.1 Å². The summed E-state index contributed by atoms with van der Waals surface area (Å²) in [5.74, 6) is -1.70. The molecule has 8 nitrogen and oxygen atoms in total. The number of pyridine rings is 1. The number of fused-ring (bicyclic) bond motifs is 1. The molecule has 3 rings (SSSR count). The fraction of sp³-hybridized carbons (Fsp3) is 0.190. The van der Waals surface area contributed by atoms with Crippen LogP contribution in [0, 0.1) is 0 Å². The SMILES string of the molecule is COc1nc(C(=O)NCC(=O)O)c(O)c2ccc(OCCc3ccccc3)cc12. The van der Waals surface area contributed by atoms with Gasteiger partial charge in [-0.3, -0.25) is 9.59 Å². The van der Waals surface area contributed by atoms with E-state index in [-0.39, 0.29) is 17.3 Å². The van der Waals surface area contributed by atoms with Gasteiger partial charge >= 0.3 is 5.97 Å². The van der Waals surface area contributed by atoms with Gasteiger partial charge in [-0.15, -0.1) is 0 Å². The van der Waals surface area contributed by atoms with Gasteiger partial charge in [-0.05, 0) is 23.8 Å². The average Bonchev–Trinajstić information content (AvgIpc) is 2.73. The molecule has 0 fully saturated rings. The van der Waals surface area contributed by atoms with E-state index in [0.717, 1.165) is 12.0 Å². The Balaban J connectivity index is 1.83. The zero-order valence-electron chi connectivity index (χ0n) is 15.7. The van der Waals surface area contributed by atoms with Crippen LogP contribution in [0.25, 0.3) is 10.8 Å². The second-order valence-corrected chi connectivity index (χ2v) is 6.19. The molecule has 29 heavy (non-hydrogen) atoms. The Kier molecular flexibility index (Phi) is 6.13. The molecule has 0 radical (unpaired) electrons. The number of carboxylic acid groups (broad SMARTS) is 1. The summed E-state index contributed by atoms with van der Waals surface area (Å²) in [6, 6.07) is 14.9. The minimum atomic E-state index is -1.21. The van der Waals surface area contributed by atoms with Crippen molar-refractivity contribution in [2.24, 2.45) is 0 Å². The summed E-state index contributed by atoms with van der Waals surface area (Å²) < 4.78 is 11.0. The van der Waals surface area contributed by atoms with E-state index in [1.807, 2.05) is 30.3 Å². The van der Waals surface area contributed by atoms with Crippen LogP contribution in [0.3, 0.4) is 0 Å². The number of amides is 1. The van der Waals surface area contributed by atoms with Gasteiger partial charge in [-0.1, -0.05) is 30.3 Å². The Morgan fingerprint density at radius 1 is 1.10 bits per heavy atom. The van der Waals surface area contributed by atoms with Crippen molar-refractivity contribution in [3.63, 3.8) is 0 Å². The summed E-state index contributed by atoms with van der Waals surface area (Å²) in [5.41, 5.74) is 0.843. The molecule has 0 aliphatic heterocycles. The first-order valence-corrected chi connectivity index (χ1v) is 8.87. The van der Waals surface area contributed by atoms with E-state index in [4.69, 9.17) is 14.6 Å². The predicted octanol–water partition coefficient (Wildman–Crippen LogP) is 2.38. The van der Waals surface area contributed by atoms with Crippen LogP contribution in [0.15, 0.2) is 48.5 Å². The van der Waals surface area contributed by atoms with Crippen LogP contribution in [-0.4, -0.2) is 47.3 Å². The number of methoxy groups -OCH3 is 1. The number of carboxylic acids is 1. The lowest BCUT2D eigenvalue weighted by atomic mass is 10.1. The number of carbonyl (C=O) groups excluding carboxylic acids is 1. The fourth-order valence-corrected chi connectivity index (χ4v) is 2.82. The third kappa shape index (κ3) is 4.73.